The van der Waals surface area contributed by atoms with E-state index in [1.165, 1.54) is 0 Å². The van der Waals surface area contributed by atoms with Gasteiger partial charge in [0.25, 0.3) is 0 Å². The predicted molar refractivity (Wildman–Crippen MR) is 42.4 cm³/mol. The quantitative estimate of drug-likeness (QED) is 0.496. The number of Topliss-reactive ketones (excluding diaryl/α,β-unsaturated/α-hetero) is 2. The van der Waals surface area contributed by atoms with E-state index in [9.17, 15) is 9.59 Å². The summed E-state index contributed by atoms with van der Waals surface area (Å²) in [6.45, 7) is 0. The van der Waals surface area contributed by atoms with Crippen LogP contribution < -0.4 is 0 Å². The van der Waals surface area contributed by atoms with Crippen molar-refractivity contribution in [3.05, 3.63) is 24.3 Å². The van der Waals surface area contributed by atoms with E-state index in [0.717, 1.165) is 0 Å². The minimum atomic E-state index is -0.484. The Kier molecular flexibility index (Phi) is 0.776. The van der Waals surface area contributed by atoms with Crippen LogP contribution in [-0.4, -0.2) is 11.6 Å². The van der Waals surface area contributed by atoms with Gasteiger partial charge in [0, 0.05) is 12.8 Å². The van der Waals surface area contributed by atoms with Crippen LogP contribution in [-0.2, 0) is 9.59 Å². The maximum Gasteiger partial charge on any atom is 0.148 e. The van der Waals surface area contributed by atoms with Gasteiger partial charge in [-0.25, -0.2) is 0 Å². The SMILES string of the molecule is O=C1CCC(=O)C23C=CC12C=C3. The summed E-state index contributed by atoms with van der Waals surface area (Å²) < 4.78 is 0. The van der Waals surface area contributed by atoms with Crippen molar-refractivity contribution in [2.75, 3.05) is 0 Å². The summed E-state index contributed by atoms with van der Waals surface area (Å²) in [5, 5.41) is 0. The van der Waals surface area contributed by atoms with E-state index in [4.69, 9.17) is 0 Å². The highest BCUT2D eigenvalue weighted by Crippen LogP contribution is 2.63. The second-order valence-corrected chi connectivity index (χ2v) is 3.75. The molecule has 3 aliphatic rings. The van der Waals surface area contributed by atoms with Gasteiger partial charge in [0.1, 0.15) is 11.6 Å². The van der Waals surface area contributed by atoms with Gasteiger partial charge >= 0.3 is 0 Å². The molecule has 12 heavy (non-hydrogen) atoms. The molecule has 0 atom stereocenters. The van der Waals surface area contributed by atoms with Gasteiger partial charge < -0.3 is 0 Å². The smallest absolute Gasteiger partial charge is 0.148 e. The highest BCUT2D eigenvalue weighted by Gasteiger charge is 2.66. The normalized spacial score (nSPS) is 47.7. The fraction of sp³-hybridized carbons (Fsp3) is 0.400. The lowest BCUT2D eigenvalue weighted by Gasteiger charge is -2.57. The fourth-order valence-corrected chi connectivity index (χ4v) is 2.47. The standard InChI is InChI=1S/C10H8O2/c11-7-1-2-8(12)10-5-3-9(7,10)4-6-10/h3-6H,1-2H2. The largest absolute Gasteiger partial charge is 0.298 e. The highest BCUT2D eigenvalue weighted by atomic mass is 16.1. The molecule has 1 saturated carbocycles. The van der Waals surface area contributed by atoms with Crippen molar-refractivity contribution >= 4 is 11.6 Å². The van der Waals surface area contributed by atoms with Crippen molar-refractivity contribution in [3.8, 4) is 0 Å². The summed E-state index contributed by atoms with van der Waals surface area (Å²) in [4.78, 5) is 23.0. The van der Waals surface area contributed by atoms with E-state index in [1.54, 1.807) is 0 Å². The maximum atomic E-state index is 11.5. The Morgan fingerprint density at radius 1 is 0.833 bits per heavy atom. The minimum Gasteiger partial charge on any atom is -0.298 e. The third kappa shape index (κ3) is 0.358. The van der Waals surface area contributed by atoms with E-state index in [1.807, 2.05) is 24.3 Å². The van der Waals surface area contributed by atoms with Crippen LogP contribution in [0.1, 0.15) is 12.8 Å². The van der Waals surface area contributed by atoms with Crippen LogP contribution >= 0.6 is 0 Å². The summed E-state index contributed by atoms with van der Waals surface area (Å²) in [5.41, 5.74) is -0.968. The van der Waals surface area contributed by atoms with Crippen LogP contribution in [0, 0.1) is 10.8 Å². The van der Waals surface area contributed by atoms with Crippen LogP contribution in [0.2, 0.25) is 0 Å². The molecule has 60 valence electrons. The molecule has 0 aromatic rings. The molecule has 0 bridgehead atoms. The molecule has 0 amide bonds. The van der Waals surface area contributed by atoms with Gasteiger partial charge in [-0.2, -0.15) is 0 Å². The van der Waals surface area contributed by atoms with E-state index in [2.05, 4.69) is 0 Å². The Morgan fingerprint density at radius 3 is 1.42 bits per heavy atom. The van der Waals surface area contributed by atoms with E-state index < -0.39 is 10.8 Å². The first-order valence-electron chi connectivity index (χ1n) is 4.19. The van der Waals surface area contributed by atoms with Crippen molar-refractivity contribution in [2.24, 2.45) is 10.8 Å². The molecule has 0 heterocycles. The summed E-state index contributed by atoms with van der Waals surface area (Å²) in [6, 6.07) is 0. The fourth-order valence-electron chi connectivity index (χ4n) is 2.47. The van der Waals surface area contributed by atoms with Gasteiger partial charge in [0.2, 0.25) is 0 Å². The molecule has 0 radical (unpaired) electrons. The minimum absolute atomic E-state index is 0.215. The Balaban J connectivity index is 2.23. The van der Waals surface area contributed by atoms with Crippen LogP contribution in [0.25, 0.3) is 0 Å². The van der Waals surface area contributed by atoms with Crippen molar-refractivity contribution in [2.45, 2.75) is 12.8 Å². The highest BCUT2D eigenvalue weighted by molar-refractivity contribution is 6.10. The van der Waals surface area contributed by atoms with Gasteiger partial charge in [0.05, 0.1) is 10.8 Å². The van der Waals surface area contributed by atoms with Gasteiger partial charge in [-0.15, -0.1) is 0 Å². The molecule has 0 N–H and O–H groups in total. The van der Waals surface area contributed by atoms with Gasteiger partial charge in [-0.3, -0.25) is 9.59 Å². The Hall–Kier alpha value is -1.18. The molecular weight excluding hydrogens is 152 g/mol. The molecule has 1 fully saturated rings. The number of allylic oxidation sites excluding steroid dienone is 4. The van der Waals surface area contributed by atoms with Crippen molar-refractivity contribution in [1.82, 2.24) is 0 Å². The van der Waals surface area contributed by atoms with Gasteiger partial charge in [-0.1, -0.05) is 24.3 Å². The summed E-state index contributed by atoms with van der Waals surface area (Å²) in [5.74, 6) is 0.430. The van der Waals surface area contributed by atoms with Crippen LogP contribution in [0.3, 0.4) is 0 Å². The number of carbonyl (C=O) groups excluding carboxylic acids is 2. The van der Waals surface area contributed by atoms with Gasteiger partial charge in [-0.05, 0) is 0 Å². The first-order valence-corrected chi connectivity index (χ1v) is 4.19. The molecule has 0 spiro atoms. The molecular formula is C10H8O2. The molecule has 3 rings (SSSR count). The lowest BCUT2D eigenvalue weighted by Crippen LogP contribution is -2.61. The van der Waals surface area contributed by atoms with Crippen molar-refractivity contribution < 1.29 is 9.59 Å². The summed E-state index contributed by atoms with van der Waals surface area (Å²) >= 11 is 0. The Labute approximate surface area is 70.0 Å². The lowest BCUT2D eigenvalue weighted by molar-refractivity contribution is -0.146. The Morgan fingerprint density at radius 2 is 1.17 bits per heavy atom. The third-order valence-electron chi connectivity index (χ3n) is 3.40. The van der Waals surface area contributed by atoms with E-state index >= 15 is 0 Å². The summed E-state index contributed by atoms with van der Waals surface area (Å²) in [6.07, 6.45) is 8.32. The average Bonchev–Trinajstić information content (AvgIpc) is 2.03. The topological polar surface area (TPSA) is 34.1 Å². The van der Waals surface area contributed by atoms with Crippen LogP contribution in [0.15, 0.2) is 24.3 Å². The maximum absolute atomic E-state index is 11.5. The number of hydrogen-bond donors (Lipinski definition) is 0. The van der Waals surface area contributed by atoms with Gasteiger partial charge in [0.15, 0.2) is 0 Å². The number of rotatable bonds is 0. The first-order chi connectivity index (χ1) is 5.71. The molecule has 0 saturated heterocycles. The zero-order chi connectivity index (χ0) is 8.40. The molecule has 0 unspecified atom stereocenters. The first kappa shape index (κ1) is 6.35. The number of carbonyl (C=O) groups is 2. The zero-order valence-corrected chi connectivity index (χ0v) is 6.54. The molecule has 3 aliphatic carbocycles. The number of ketones is 2. The molecule has 2 heteroatoms. The van der Waals surface area contributed by atoms with Crippen molar-refractivity contribution in [1.29, 1.82) is 0 Å². The predicted octanol–water partition coefficient (Wildman–Crippen LogP) is 1.03. The number of hydrogen-bond acceptors (Lipinski definition) is 2. The van der Waals surface area contributed by atoms with Crippen LogP contribution in [0.5, 0.6) is 0 Å². The molecule has 0 aromatic carbocycles. The molecule has 2 nitrogen and oxygen atoms in total. The van der Waals surface area contributed by atoms with Crippen LogP contribution in [0.4, 0.5) is 0 Å². The zero-order valence-electron chi connectivity index (χ0n) is 6.54. The third-order valence-corrected chi connectivity index (χ3v) is 3.40. The lowest BCUT2D eigenvalue weighted by atomic mass is 9.42. The van der Waals surface area contributed by atoms with Crippen molar-refractivity contribution in [3.63, 3.8) is 0 Å². The van der Waals surface area contributed by atoms with E-state index in [0.29, 0.717) is 12.8 Å². The second kappa shape index (κ2) is 1.47. The molecule has 0 aliphatic heterocycles. The average molecular weight is 160 g/mol. The summed E-state index contributed by atoms with van der Waals surface area (Å²) in [7, 11) is 0. The molecule has 0 aromatic heterocycles. The second-order valence-electron chi connectivity index (χ2n) is 3.75. The monoisotopic (exact) mass is 160 g/mol. The van der Waals surface area contributed by atoms with E-state index in [-0.39, 0.29) is 11.6 Å². The Bertz CT molecular complexity index is 312.